The van der Waals surface area contributed by atoms with Crippen LogP contribution in [0.4, 0.5) is 0 Å². The molecule has 0 radical (unpaired) electrons. The molecule has 220 valence electrons. The first-order chi connectivity index (χ1) is 18.5. The van der Waals surface area contributed by atoms with E-state index in [1.807, 2.05) is 12.4 Å². The molecule has 1 aliphatic rings. The summed E-state index contributed by atoms with van der Waals surface area (Å²) in [5.74, 6) is 1.20. The Morgan fingerprint density at radius 2 is 1.07 bits per heavy atom. The van der Waals surface area contributed by atoms with E-state index in [-0.39, 0.29) is 34.7 Å². The average molecular weight is 547 g/mol. The first kappa shape index (κ1) is 31.9. The van der Waals surface area contributed by atoms with Gasteiger partial charge >= 0.3 is 0 Å². The molecule has 1 saturated carbocycles. The monoisotopic (exact) mass is 546 g/mol. The zero-order valence-corrected chi connectivity index (χ0v) is 26.8. The summed E-state index contributed by atoms with van der Waals surface area (Å²) in [5.41, 5.74) is 6.45. The first-order valence-corrected chi connectivity index (χ1v) is 15.3. The molecule has 4 heteroatoms. The van der Waals surface area contributed by atoms with Crippen molar-refractivity contribution in [3.63, 3.8) is 0 Å². The molecule has 40 heavy (non-hydrogen) atoms. The SMILES string of the molecule is CC(C)c1cc(CC(C)(C)C)cc(C=NC2CCCC(N=Cc3cc(CC(C)(C)C)cc(C(C)C)c3O)C2)c1O. The predicted molar refractivity (Wildman–Crippen MR) is 172 cm³/mol. The van der Waals surface area contributed by atoms with E-state index in [0.29, 0.717) is 11.5 Å². The number of aliphatic imine (C=N–C) groups is 2. The van der Waals surface area contributed by atoms with Crippen molar-refractivity contribution in [2.45, 2.75) is 132 Å². The van der Waals surface area contributed by atoms with E-state index in [4.69, 9.17) is 9.98 Å². The molecule has 0 aromatic heterocycles. The summed E-state index contributed by atoms with van der Waals surface area (Å²) in [4.78, 5) is 9.92. The van der Waals surface area contributed by atoms with Crippen LogP contribution in [0.25, 0.3) is 0 Å². The van der Waals surface area contributed by atoms with E-state index in [0.717, 1.165) is 60.8 Å². The lowest BCUT2D eigenvalue weighted by Crippen LogP contribution is -2.21. The molecule has 0 aliphatic heterocycles. The number of rotatable bonds is 8. The molecule has 2 atom stereocenters. The smallest absolute Gasteiger partial charge is 0.127 e. The van der Waals surface area contributed by atoms with Gasteiger partial charge in [-0.15, -0.1) is 0 Å². The molecule has 2 aromatic carbocycles. The van der Waals surface area contributed by atoms with Crippen LogP contribution in [0.5, 0.6) is 11.5 Å². The van der Waals surface area contributed by atoms with Crippen molar-refractivity contribution in [3.05, 3.63) is 57.6 Å². The number of phenols is 2. The van der Waals surface area contributed by atoms with Gasteiger partial charge in [-0.25, -0.2) is 0 Å². The molecule has 0 saturated heterocycles. The first-order valence-electron chi connectivity index (χ1n) is 15.3. The maximum absolute atomic E-state index is 11.0. The van der Waals surface area contributed by atoms with Crippen LogP contribution in [0.15, 0.2) is 34.3 Å². The normalized spacial score (nSPS) is 19.0. The van der Waals surface area contributed by atoms with E-state index in [1.165, 1.54) is 11.1 Å². The van der Waals surface area contributed by atoms with E-state index in [2.05, 4.69) is 93.5 Å². The van der Waals surface area contributed by atoms with Crippen LogP contribution in [-0.4, -0.2) is 34.7 Å². The van der Waals surface area contributed by atoms with Crippen LogP contribution in [0.2, 0.25) is 0 Å². The summed E-state index contributed by atoms with van der Waals surface area (Å²) in [7, 11) is 0. The van der Waals surface area contributed by atoms with Gasteiger partial charge in [0.25, 0.3) is 0 Å². The fraction of sp³-hybridized carbons (Fsp3) is 0.611. The molecule has 2 N–H and O–H groups in total. The average Bonchev–Trinajstić information content (AvgIpc) is 2.82. The van der Waals surface area contributed by atoms with Gasteiger partial charge < -0.3 is 10.2 Å². The minimum atomic E-state index is 0.171. The Balaban J connectivity index is 1.81. The summed E-state index contributed by atoms with van der Waals surface area (Å²) in [5, 5.41) is 22.0. The summed E-state index contributed by atoms with van der Waals surface area (Å²) in [6.45, 7) is 22.0. The number of hydrogen-bond donors (Lipinski definition) is 2. The van der Waals surface area contributed by atoms with Crippen molar-refractivity contribution in [2.75, 3.05) is 0 Å². The third-order valence-corrected chi connectivity index (χ3v) is 7.64. The molecule has 3 rings (SSSR count). The minimum absolute atomic E-state index is 0.171. The van der Waals surface area contributed by atoms with Crippen molar-refractivity contribution in [1.29, 1.82) is 0 Å². The van der Waals surface area contributed by atoms with E-state index >= 15 is 0 Å². The Labute approximate surface area is 244 Å². The van der Waals surface area contributed by atoms with E-state index in [9.17, 15) is 10.2 Å². The Kier molecular flexibility index (Phi) is 10.3. The Morgan fingerprint density at radius 1 is 0.700 bits per heavy atom. The highest BCUT2D eigenvalue weighted by Gasteiger charge is 2.22. The number of hydrogen-bond acceptors (Lipinski definition) is 4. The summed E-state index contributed by atoms with van der Waals surface area (Å²) in [6.07, 6.45) is 9.71. The third-order valence-electron chi connectivity index (χ3n) is 7.64. The van der Waals surface area contributed by atoms with Crippen molar-refractivity contribution >= 4 is 12.4 Å². The standard InChI is InChI=1S/C36H54N2O2/c1-23(2)31-16-25(19-35(5,6)7)14-27(33(31)39)21-37-29-12-11-13-30(18-29)38-22-28-15-26(20-36(8,9)10)17-32(24(3)4)34(28)40/h14-17,21-24,29-30,39-40H,11-13,18-20H2,1-10H3. The van der Waals surface area contributed by atoms with Crippen molar-refractivity contribution in [2.24, 2.45) is 20.8 Å². The summed E-state index contributed by atoms with van der Waals surface area (Å²) in [6, 6.07) is 8.88. The minimum Gasteiger partial charge on any atom is -0.507 e. The van der Waals surface area contributed by atoms with Crippen LogP contribution < -0.4 is 0 Å². The highest BCUT2D eigenvalue weighted by atomic mass is 16.3. The second-order valence-electron chi connectivity index (χ2n) is 15.1. The number of nitrogens with zero attached hydrogens (tertiary/aromatic N) is 2. The Bertz CT molecular complexity index is 1120. The molecule has 1 fully saturated rings. The highest BCUT2D eigenvalue weighted by molar-refractivity contribution is 5.85. The third kappa shape index (κ3) is 9.21. The maximum Gasteiger partial charge on any atom is 0.127 e. The summed E-state index contributed by atoms with van der Waals surface area (Å²) < 4.78 is 0. The summed E-state index contributed by atoms with van der Waals surface area (Å²) >= 11 is 0. The van der Waals surface area contributed by atoms with Gasteiger partial charge in [0.15, 0.2) is 0 Å². The lowest BCUT2D eigenvalue weighted by atomic mass is 9.85. The predicted octanol–water partition coefficient (Wildman–Crippen LogP) is 9.37. The van der Waals surface area contributed by atoms with Gasteiger partial charge in [0.05, 0.1) is 12.1 Å². The van der Waals surface area contributed by atoms with Gasteiger partial charge in [0.2, 0.25) is 0 Å². The Hall–Kier alpha value is -2.62. The van der Waals surface area contributed by atoms with Crippen LogP contribution in [-0.2, 0) is 12.8 Å². The largest absolute Gasteiger partial charge is 0.507 e. The van der Waals surface area contributed by atoms with Gasteiger partial charge in [-0.2, -0.15) is 0 Å². The Morgan fingerprint density at radius 3 is 1.40 bits per heavy atom. The van der Waals surface area contributed by atoms with Gasteiger partial charge in [0.1, 0.15) is 11.5 Å². The van der Waals surface area contributed by atoms with Gasteiger partial charge in [-0.3, -0.25) is 9.98 Å². The molecule has 1 aliphatic carbocycles. The fourth-order valence-electron chi connectivity index (χ4n) is 5.78. The van der Waals surface area contributed by atoms with E-state index in [1.54, 1.807) is 0 Å². The molecule has 2 aromatic rings. The van der Waals surface area contributed by atoms with Crippen molar-refractivity contribution in [1.82, 2.24) is 0 Å². The van der Waals surface area contributed by atoms with Crippen LogP contribution in [0.3, 0.4) is 0 Å². The van der Waals surface area contributed by atoms with Crippen LogP contribution >= 0.6 is 0 Å². The number of benzene rings is 2. The molecule has 4 nitrogen and oxygen atoms in total. The molecular weight excluding hydrogens is 492 g/mol. The van der Waals surface area contributed by atoms with E-state index < -0.39 is 0 Å². The lowest BCUT2D eigenvalue weighted by Gasteiger charge is -2.24. The number of aromatic hydroxyl groups is 2. The van der Waals surface area contributed by atoms with Gasteiger partial charge in [-0.05, 0) is 95.6 Å². The second kappa shape index (κ2) is 12.9. The molecule has 0 bridgehead atoms. The fourth-order valence-corrected chi connectivity index (χ4v) is 5.78. The quantitative estimate of drug-likeness (QED) is 0.324. The zero-order valence-electron chi connectivity index (χ0n) is 26.8. The van der Waals surface area contributed by atoms with Crippen LogP contribution in [0.1, 0.15) is 140 Å². The van der Waals surface area contributed by atoms with Crippen molar-refractivity contribution < 1.29 is 10.2 Å². The van der Waals surface area contributed by atoms with Gasteiger partial charge in [-0.1, -0.05) is 81.4 Å². The zero-order chi connectivity index (χ0) is 29.8. The number of phenolic OH excluding ortho intramolecular Hbond substituents is 2. The highest BCUT2D eigenvalue weighted by Crippen LogP contribution is 2.34. The van der Waals surface area contributed by atoms with Crippen molar-refractivity contribution in [3.8, 4) is 11.5 Å². The van der Waals surface area contributed by atoms with Crippen LogP contribution in [0, 0.1) is 10.8 Å². The second-order valence-corrected chi connectivity index (χ2v) is 15.1. The molecule has 2 unspecified atom stereocenters. The molecule has 0 amide bonds. The molecular formula is C36H54N2O2. The molecule has 0 heterocycles. The lowest BCUT2D eigenvalue weighted by molar-refractivity contribution is 0.397. The topological polar surface area (TPSA) is 65.2 Å². The molecule has 0 spiro atoms. The maximum atomic E-state index is 11.0. The van der Waals surface area contributed by atoms with Gasteiger partial charge in [0, 0.05) is 23.6 Å².